The molecular weight excluding hydrogens is 288 g/mol. The number of carbonyl (C=O) groups excluding carboxylic acids is 1. The highest BCUT2D eigenvalue weighted by atomic mass is 32.1. The third-order valence-corrected chi connectivity index (χ3v) is 3.65. The van der Waals surface area contributed by atoms with Crippen LogP contribution in [0.1, 0.15) is 19.4 Å². The topological polar surface area (TPSA) is 71.8 Å². The third-order valence-electron chi connectivity index (χ3n) is 2.72. The van der Waals surface area contributed by atoms with E-state index in [4.69, 9.17) is 4.74 Å². The van der Waals surface area contributed by atoms with Gasteiger partial charge in [-0.1, -0.05) is 17.4 Å². The van der Waals surface area contributed by atoms with E-state index in [9.17, 15) is 9.90 Å². The minimum atomic E-state index is -0.599. The van der Waals surface area contributed by atoms with E-state index in [0.29, 0.717) is 5.13 Å². The predicted octanol–water partition coefficient (Wildman–Crippen LogP) is 3.70. The van der Waals surface area contributed by atoms with Gasteiger partial charge < -0.3 is 9.84 Å². The van der Waals surface area contributed by atoms with Crippen LogP contribution in [0.2, 0.25) is 0 Å². The first-order valence-corrected chi connectivity index (χ1v) is 7.31. The fourth-order valence-electron chi connectivity index (χ4n) is 1.70. The molecule has 1 aromatic heterocycles. The molecule has 0 atom stereocenters. The van der Waals surface area contributed by atoms with Crippen molar-refractivity contribution in [2.24, 2.45) is 4.99 Å². The minimum absolute atomic E-state index is 0.0345. The van der Waals surface area contributed by atoms with Crippen molar-refractivity contribution in [1.82, 2.24) is 4.98 Å². The molecule has 0 aliphatic rings. The van der Waals surface area contributed by atoms with E-state index in [2.05, 4.69) is 9.98 Å². The fraction of sp³-hybridized carbons (Fsp3) is 0.267. The summed E-state index contributed by atoms with van der Waals surface area (Å²) in [7, 11) is 0. The highest BCUT2D eigenvalue weighted by Crippen LogP contribution is 2.28. The van der Waals surface area contributed by atoms with Crippen LogP contribution in [0.4, 0.5) is 5.13 Å². The summed E-state index contributed by atoms with van der Waals surface area (Å²) in [5, 5.41) is 10.1. The summed E-state index contributed by atoms with van der Waals surface area (Å²) in [4.78, 5) is 20.2. The molecule has 110 valence electrons. The highest BCUT2D eigenvalue weighted by Gasteiger charge is 2.12. The van der Waals surface area contributed by atoms with Crippen LogP contribution in [0.15, 0.2) is 34.5 Å². The molecule has 21 heavy (non-hydrogen) atoms. The number of hydrogen-bond acceptors (Lipinski definition) is 6. The Balaban J connectivity index is 2.29. The zero-order valence-electron chi connectivity index (χ0n) is 12.1. The Labute approximate surface area is 126 Å². The van der Waals surface area contributed by atoms with Crippen molar-refractivity contribution in [2.45, 2.75) is 20.8 Å². The quantitative estimate of drug-likeness (QED) is 0.404. The van der Waals surface area contributed by atoms with Crippen molar-refractivity contribution < 1.29 is 14.6 Å². The molecule has 0 aliphatic carbocycles. The maximum atomic E-state index is 11.7. The number of aromatic nitrogens is 1. The van der Waals surface area contributed by atoms with E-state index in [0.717, 1.165) is 15.8 Å². The summed E-state index contributed by atoms with van der Waals surface area (Å²) in [6, 6.07) is 5.95. The van der Waals surface area contributed by atoms with Crippen LogP contribution in [-0.4, -0.2) is 28.9 Å². The van der Waals surface area contributed by atoms with Gasteiger partial charge in [-0.05, 0) is 38.5 Å². The van der Waals surface area contributed by atoms with Gasteiger partial charge >= 0.3 is 5.97 Å². The molecule has 0 bridgehead atoms. The number of aliphatic imine (C=N–C) groups is 1. The van der Waals surface area contributed by atoms with Crippen molar-refractivity contribution in [3.8, 4) is 0 Å². The first kappa shape index (κ1) is 15.2. The van der Waals surface area contributed by atoms with Crippen LogP contribution in [-0.2, 0) is 9.53 Å². The molecule has 1 N–H and O–H groups in total. The first-order chi connectivity index (χ1) is 10.0. The van der Waals surface area contributed by atoms with Crippen LogP contribution >= 0.6 is 11.3 Å². The van der Waals surface area contributed by atoms with Crippen molar-refractivity contribution in [3.05, 3.63) is 35.1 Å². The Kier molecular flexibility index (Phi) is 4.70. The van der Waals surface area contributed by atoms with Gasteiger partial charge in [-0.2, -0.15) is 0 Å². The van der Waals surface area contributed by atoms with Crippen molar-refractivity contribution in [1.29, 1.82) is 0 Å². The SMILES string of the molecule is CCOC(=O)C(C=Nc1nc2ccc(C)cc2s1)=C(C)O. The second kappa shape index (κ2) is 6.49. The van der Waals surface area contributed by atoms with E-state index in [1.807, 2.05) is 25.1 Å². The summed E-state index contributed by atoms with van der Waals surface area (Å²) in [5.41, 5.74) is 2.05. The largest absolute Gasteiger partial charge is 0.512 e. The lowest BCUT2D eigenvalue weighted by atomic mass is 10.2. The molecule has 0 aliphatic heterocycles. The Morgan fingerprint density at radius 3 is 2.95 bits per heavy atom. The number of thiazole rings is 1. The number of rotatable bonds is 4. The number of fused-ring (bicyclic) bond motifs is 1. The Morgan fingerprint density at radius 2 is 2.29 bits per heavy atom. The van der Waals surface area contributed by atoms with Gasteiger partial charge in [-0.25, -0.2) is 14.8 Å². The lowest BCUT2D eigenvalue weighted by molar-refractivity contribution is -0.138. The molecule has 0 fully saturated rings. The monoisotopic (exact) mass is 304 g/mol. The van der Waals surface area contributed by atoms with Gasteiger partial charge in [0.2, 0.25) is 5.13 Å². The third kappa shape index (κ3) is 3.66. The Bertz CT molecular complexity index is 728. The van der Waals surface area contributed by atoms with Gasteiger partial charge in [0.1, 0.15) is 11.3 Å². The van der Waals surface area contributed by atoms with Gasteiger partial charge in [-0.3, -0.25) is 0 Å². The molecule has 1 aromatic carbocycles. The molecule has 2 rings (SSSR count). The van der Waals surface area contributed by atoms with Gasteiger partial charge in [0, 0.05) is 6.21 Å². The van der Waals surface area contributed by atoms with Crippen molar-refractivity contribution >= 4 is 38.9 Å². The van der Waals surface area contributed by atoms with E-state index < -0.39 is 5.97 Å². The molecule has 0 amide bonds. The minimum Gasteiger partial charge on any atom is -0.512 e. The van der Waals surface area contributed by atoms with Crippen LogP contribution in [0.5, 0.6) is 0 Å². The number of aliphatic hydroxyl groups excluding tert-OH is 1. The molecule has 2 aromatic rings. The van der Waals surface area contributed by atoms with E-state index in [1.54, 1.807) is 6.92 Å². The summed E-state index contributed by atoms with van der Waals surface area (Å²) in [6.45, 7) is 5.37. The molecule has 0 saturated heterocycles. The van der Waals surface area contributed by atoms with E-state index in [1.165, 1.54) is 24.5 Å². The maximum Gasteiger partial charge on any atom is 0.343 e. The standard InChI is InChI=1S/C15H16N2O3S/c1-4-20-14(19)11(10(3)18)8-16-15-17-12-6-5-9(2)7-13(12)21-15/h5-8,18H,4H2,1-3H3. The molecule has 0 unspecified atom stereocenters. The summed E-state index contributed by atoms with van der Waals surface area (Å²) in [5.74, 6) is -0.729. The van der Waals surface area contributed by atoms with Crippen LogP contribution in [0.25, 0.3) is 10.2 Å². The van der Waals surface area contributed by atoms with Crippen molar-refractivity contribution in [3.63, 3.8) is 0 Å². The predicted molar refractivity (Wildman–Crippen MR) is 84.5 cm³/mol. The zero-order valence-corrected chi connectivity index (χ0v) is 12.9. The van der Waals surface area contributed by atoms with Crippen LogP contribution in [0.3, 0.4) is 0 Å². The number of esters is 1. The normalized spacial score (nSPS) is 12.7. The first-order valence-electron chi connectivity index (χ1n) is 6.49. The number of nitrogens with zero attached hydrogens (tertiary/aromatic N) is 2. The fourth-order valence-corrected chi connectivity index (χ4v) is 2.61. The maximum absolute atomic E-state index is 11.7. The van der Waals surface area contributed by atoms with Gasteiger partial charge in [0.25, 0.3) is 0 Å². The van der Waals surface area contributed by atoms with Crippen molar-refractivity contribution in [2.75, 3.05) is 6.61 Å². The molecule has 6 heteroatoms. The zero-order chi connectivity index (χ0) is 15.4. The lowest BCUT2D eigenvalue weighted by Gasteiger charge is -2.02. The lowest BCUT2D eigenvalue weighted by Crippen LogP contribution is -2.10. The number of ether oxygens (including phenoxy) is 1. The molecular formula is C15H16N2O3S. The van der Waals surface area contributed by atoms with Crippen LogP contribution < -0.4 is 0 Å². The molecule has 1 heterocycles. The second-order valence-electron chi connectivity index (χ2n) is 4.45. The Morgan fingerprint density at radius 1 is 1.52 bits per heavy atom. The van der Waals surface area contributed by atoms with E-state index in [-0.39, 0.29) is 17.9 Å². The summed E-state index contributed by atoms with van der Waals surface area (Å²) < 4.78 is 5.90. The summed E-state index contributed by atoms with van der Waals surface area (Å²) >= 11 is 1.42. The molecule has 0 radical (unpaired) electrons. The molecule has 0 spiro atoms. The number of benzene rings is 1. The van der Waals surface area contributed by atoms with E-state index >= 15 is 0 Å². The highest BCUT2D eigenvalue weighted by molar-refractivity contribution is 7.22. The average Bonchev–Trinajstić information content (AvgIpc) is 2.80. The second-order valence-corrected chi connectivity index (χ2v) is 5.45. The van der Waals surface area contributed by atoms with Crippen LogP contribution in [0, 0.1) is 6.92 Å². The van der Waals surface area contributed by atoms with Gasteiger partial charge in [0.05, 0.1) is 16.8 Å². The number of carbonyl (C=O) groups is 1. The van der Waals surface area contributed by atoms with Gasteiger partial charge in [-0.15, -0.1) is 0 Å². The van der Waals surface area contributed by atoms with Gasteiger partial charge in [0.15, 0.2) is 0 Å². The molecule has 0 saturated carbocycles. The number of aryl methyl sites for hydroxylation is 1. The smallest absolute Gasteiger partial charge is 0.343 e. The number of hydrogen-bond donors (Lipinski definition) is 1. The number of allylic oxidation sites excluding steroid dienone is 1. The Hall–Kier alpha value is -2.21. The number of aliphatic hydroxyl groups is 1. The molecule has 5 nitrogen and oxygen atoms in total. The summed E-state index contributed by atoms with van der Waals surface area (Å²) in [6.07, 6.45) is 1.29. The average molecular weight is 304 g/mol.